The number of hydrogen-bond donors (Lipinski definition) is 5. The van der Waals surface area contributed by atoms with E-state index in [4.69, 9.17) is 4.74 Å². The summed E-state index contributed by atoms with van der Waals surface area (Å²) in [5.74, 6) is 1.03. The minimum Gasteiger partial charge on any atom is -0.507 e. The van der Waals surface area contributed by atoms with Gasteiger partial charge < -0.3 is 30.3 Å². The van der Waals surface area contributed by atoms with Gasteiger partial charge in [-0.1, -0.05) is 89.2 Å². The van der Waals surface area contributed by atoms with Crippen molar-refractivity contribution in [1.29, 1.82) is 0 Å². The molecule has 44 heavy (non-hydrogen) atoms. The molecular weight excluding hydrogens is 593 g/mol. The zero-order valence-electron chi connectivity index (χ0n) is 29.4. The van der Waals surface area contributed by atoms with Crippen LogP contribution in [0, 0.1) is 0 Å². The van der Waals surface area contributed by atoms with Crippen LogP contribution in [0.5, 0.6) is 11.5 Å². The number of phenols is 1. The van der Waals surface area contributed by atoms with E-state index in [9.17, 15) is 25.5 Å². The number of benzene rings is 2. The normalized spacial score (nSPS) is 15.7. The highest BCUT2D eigenvalue weighted by Gasteiger charge is 2.35. The molecule has 2 rings (SSSR count). The molecule has 0 heterocycles. The number of phenolic OH excluding ortho intramolecular Hbond substituents is 1. The van der Waals surface area contributed by atoms with Crippen molar-refractivity contribution < 1.29 is 30.3 Å². The summed E-state index contributed by atoms with van der Waals surface area (Å²) in [5.41, 5.74) is 2.80. The summed E-state index contributed by atoms with van der Waals surface area (Å²) in [5, 5.41) is 51.2. The molecule has 8 heteroatoms. The Morgan fingerprint density at radius 2 is 1.14 bits per heavy atom. The van der Waals surface area contributed by atoms with Gasteiger partial charge in [0.25, 0.3) is 0 Å². The van der Waals surface area contributed by atoms with E-state index in [1.807, 2.05) is 0 Å². The van der Waals surface area contributed by atoms with Crippen molar-refractivity contribution in [2.45, 2.75) is 151 Å². The fraction of sp³-hybridized carbons (Fsp3) is 0.667. The lowest BCUT2D eigenvalue weighted by atomic mass is 9.79. The van der Waals surface area contributed by atoms with E-state index in [-0.39, 0.29) is 32.3 Å². The molecule has 2 aromatic rings. The first kappa shape index (κ1) is 38.8. The Morgan fingerprint density at radius 3 is 1.55 bits per heavy atom. The van der Waals surface area contributed by atoms with Gasteiger partial charge in [-0.2, -0.15) is 0 Å². The van der Waals surface area contributed by atoms with Crippen molar-refractivity contribution in [3.05, 3.63) is 46.5 Å². The maximum atomic E-state index is 11.2. The van der Waals surface area contributed by atoms with Crippen molar-refractivity contribution in [3.63, 3.8) is 0 Å². The summed E-state index contributed by atoms with van der Waals surface area (Å²) in [6, 6.07) is 8.47. The average Bonchev–Trinajstić information content (AvgIpc) is 2.83. The minimum atomic E-state index is -1.54. The largest absolute Gasteiger partial charge is 0.507 e. The molecule has 0 saturated carbocycles. The lowest BCUT2D eigenvalue weighted by Gasteiger charge is -2.34. The van der Waals surface area contributed by atoms with E-state index < -0.39 is 24.9 Å². The quantitative estimate of drug-likeness (QED) is 0.132. The molecule has 0 spiro atoms. The number of aromatic hydroxyl groups is 1. The van der Waals surface area contributed by atoms with Crippen LogP contribution >= 0.6 is 23.5 Å². The second-order valence-electron chi connectivity index (χ2n) is 16.4. The Bertz CT molecular complexity index is 1240. The third-order valence-electron chi connectivity index (χ3n) is 7.47. The van der Waals surface area contributed by atoms with Crippen LogP contribution in [0.25, 0.3) is 0 Å². The summed E-state index contributed by atoms with van der Waals surface area (Å²) in [7, 11) is 0. The van der Waals surface area contributed by atoms with E-state index in [0.717, 1.165) is 32.0 Å². The lowest BCUT2D eigenvalue weighted by Crippen LogP contribution is -2.42. The van der Waals surface area contributed by atoms with Gasteiger partial charge in [0.05, 0.1) is 10.7 Å². The molecular formula is C36H58O6S2. The predicted octanol–water partition coefficient (Wildman–Crippen LogP) is 7.66. The Morgan fingerprint density at radius 1 is 0.659 bits per heavy atom. The first-order valence-electron chi connectivity index (χ1n) is 15.4. The van der Waals surface area contributed by atoms with Crippen LogP contribution < -0.4 is 4.74 Å². The van der Waals surface area contributed by atoms with Crippen LogP contribution in [0.3, 0.4) is 0 Å². The fourth-order valence-corrected chi connectivity index (χ4v) is 7.92. The zero-order valence-corrected chi connectivity index (χ0v) is 31.0. The molecule has 0 fully saturated rings. The highest BCUT2D eigenvalue weighted by Crippen LogP contribution is 2.52. The molecule has 2 aromatic carbocycles. The molecule has 0 radical (unpaired) electrons. The first-order chi connectivity index (χ1) is 19.7. The van der Waals surface area contributed by atoms with Gasteiger partial charge in [0.15, 0.2) is 0 Å². The molecule has 0 aromatic heterocycles. The Hall–Kier alpha value is -1.42. The van der Waals surface area contributed by atoms with Crippen LogP contribution in [0.1, 0.15) is 119 Å². The molecule has 0 unspecified atom stereocenters. The molecule has 6 nitrogen and oxygen atoms in total. The third-order valence-corrected chi connectivity index (χ3v) is 9.98. The SMILES string of the molecule is CC(C)(Sc1cc(C(C)(C)C)c(O)c(C(C)(C)C)c1)Sc1ccc(C(C)(C)C)c(OC[C@@H](O)[C@@H](O)[C@@H](O)CO)c1C(C)(C)C. The van der Waals surface area contributed by atoms with E-state index >= 15 is 0 Å². The predicted molar refractivity (Wildman–Crippen MR) is 186 cm³/mol. The van der Waals surface area contributed by atoms with Crippen molar-refractivity contribution >= 4 is 23.5 Å². The molecule has 0 aliphatic heterocycles. The van der Waals surface area contributed by atoms with Gasteiger partial charge in [-0.15, -0.1) is 23.5 Å². The molecule has 0 saturated heterocycles. The second-order valence-corrected chi connectivity index (χ2v) is 20.0. The van der Waals surface area contributed by atoms with Crippen LogP contribution in [0.2, 0.25) is 0 Å². The molecule has 0 amide bonds. The highest BCUT2D eigenvalue weighted by atomic mass is 32.2. The third kappa shape index (κ3) is 9.79. The highest BCUT2D eigenvalue weighted by molar-refractivity contribution is 8.18. The molecule has 250 valence electrons. The van der Waals surface area contributed by atoms with E-state index in [1.165, 1.54) is 0 Å². The number of hydrogen-bond acceptors (Lipinski definition) is 8. The number of ether oxygens (including phenoxy) is 1. The van der Waals surface area contributed by atoms with Gasteiger partial charge in [-0.3, -0.25) is 0 Å². The zero-order chi connectivity index (χ0) is 34.2. The first-order valence-corrected chi connectivity index (χ1v) is 17.1. The number of aliphatic hydroxyl groups is 4. The summed E-state index contributed by atoms with van der Waals surface area (Å²) in [6.45, 7) is 29.0. The lowest BCUT2D eigenvalue weighted by molar-refractivity contribution is -0.0873. The smallest absolute Gasteiger partial charge is 0.128 e. The van der Waals surface area contributed by atoms with Gasteiger partial charge >= 0.3 is 0 Å². The van der Waals surface area contributed by atoms with Gasteiger partial charge in [0.2, 0.25) is 0 Å². The van der Waals surface area contributed by atoms with Crippen molar-refractivity contribution in [3.8, 4) is 11.5 Å². The standard InChI is InChI=1S/C36H58O6S2/c1-32(2,3)22-15-16-27(28(35(10,11)12)31(22)42-20-26(39)30(41)25(38)19-37)44-36(13,14)43-21-17-23(33(4,5)6)29(40)24(18-21)34(7,8)9/h15-18,25-26,30,37-41H,19-20H2,1-14H3/t25-,26+,30-/m0/s1. The fourth-order valence-electron chi connectivity index (χ4n) is 5.11. The maximum absolute atomic E-state index is 11.2. The molecule has 0 bridgehead atoms. The monoisotopic (exact) mass is 650 g/mol. The van der Waals surface area contributed by atoms with Crippen LogP contribution in [-0.4, -0.2) is 61.1 Å². The topological polar surface area (TPSA) is 110 Å². The van der Waals surface area contributed by atoms with Crippen molar-refractivity contribution in [2.75, 3.05) is 13.2 Å². The molecule has 5 N–H and O–H groups in total. The Labute approximate surface area is 275 Å². The van der Waals surface area contributed by atoms with Gasteiger partial charge in [0.1, 0.15) is 36.4 Å². The molecule has 0 aliphatic carbocycles. The summed E-state index contributed by atoms with van der Waals surface area (Å²) < 4.78 is 6.02. The van der Waals surface area contributed by atoms with Crippen molar-refractivity contribution in [1.82, 2.24) is 0 Å². The number of aliphatic hydroxyl groups excluding tert-OH is 4. The van der Waals surface area contributed by atoms with Crippen LogP contribution in [0.4, 0.5) is 0 Å². The van der Waals surface area contributed by atoms with Crippen LogP contribution in [0.15, 0.2) is 34.1 Å². The van der Waals surface area contributed by atoms with Crippen molar-refractivity contribution in [2.24, 2.45) is 0 Å². The van der Waals surface area contributed by atoms with Gasteiger partial charge in [0, 0.05) is 26.5 Å². The maximum Gasteiger partial charge on any atom is 0.128 e. The molecule has 0 aliphatic rings. The Kier molecular flexibility index (Phi) is 12.1. The van der Waals surface area contributed by atoms with E-state index in [1.54, 1.807) is 23.5 Å². The number of thioether (sulfide) groups is 2. The average molecular weight is 651 g/mol. The second kappa shape index (κ2) is 13.7. The summed E-state index contributed by atoms with van der Waals surface area (Å²) >= 11 is 3.50. The summed E-state index contributed by atoms with van der Waals surface area (Å²) in [6.07, 6.45) is -4.38. The van der Waals surface area contributed by atoms with Gasteiger partial charge in [-0.05, 0) is 59.3 Å². The van der Waals surface area contributed by atoms with E-state index in [0.29, 0.717) is 11.5 Å². The number of rotatable bonds is 10. The summed E-state index contributed by atoms with van der Waals surface area (Å²) in [4.78, 5) is 2.14. The minimum absolute atomic E-state index is 0.224. The van der Waals surface area contributed by atoms with E-state index in [2.05, 4.69) is 121 Å². The Balaban J connectivity index is 2.64. The van der Waals surface area contributed by atoms with Crippen LogP contribution in [-0.2, 0) is 21.7 Å². The molecule has 3 atom stereocenters. The van der Waals surface area contributed by atoms with Gasteiger partial charge in [-0.25, -0.2) is 0 Å².